The van der Waals surface area contributed by atoms with Gasteiger partial charge in [0.2, 0.25) is 0 Å². The maximum Gasteiger partial charge on any atom is 0.157 e. The van der Waals surface area contributed by atoms with E-state index in [2.05, 4.69) is 12.2 Å². The summed E-state index contributed by atoms with van der Waals surface area (Å²) in [6, 6.07) is 5.06. The zero-order chi connectivity index (χ0) is 9.26. The molecule has 0 bridgehead atoms. The Morgan fingerprint density at radius 1 is 1.00 bits per heavy atom. The molecule has 0 atom stereocenters. The van der Waals surface area contributed by atoms with Crippen LogP contribution in [-0.2, 0) is 0 Å². The molecule has 0 saturated carbocycles. The zero-order valence-corrected chi connectivity index (χ0v) is 7.27. The van der Waals surface area contributed by atoms with Gasteiger partial charge >= 0.3 is 0 Å². The highest BCUT2D eigenvalue weighted by atomic mass is 16.3. The fraction of sp³-hybridized carbons (Fsp3) is 0.273. The first-order valence-corrected chi connectivity index (χ1v) is 4.44. The molecule has 2 rings (SSSR count). The quantitative estimate of drug-likeness (QED) is 0.510. The summed E-state index contributed by atoms with van der Waals surface area (Å²) in [6.07, 6.45) is 6.36. The molecule has 0 amide bonds. The third-order valence-corrected chi connectivity index (χ3v) is 2.48. The molecule has 0 spiro atoms. The molecule has 13 heavy (non-hydrogen) atoms. The molecule has 68 valence electrons. The van der Waals surface area contributed by atoms with Crippen molar-refractivity contribution in [3.05, 3.63) is 35.9 Å². The lowest BCUT2D eigenvalue weighted by molar-refractivity contribution is 0.402. The highest BCUT2D eigenvalue weighted by Gasteiger charge is 2.13. The van der Waals surface area contributed by atoms with Crippen LogP contribution in [-0.4, -0.2) is 10.2 Å². The van der Waals surface area contributed by atoms with E-state index in [9.17, 15) is 5.11 Å². The van der Waals surface area contributed by atoms with E-state index >= 15 is 0 Å². The van der Waals surface area contributed by atoms with Gasteiger partial charge in [0.1, 0.15) is 0 Å². The van der Waals surface area contributed by atoms with Crippen LogP contribution in [0.1, 0.15) is 24.3 Å². The summed E-state index contributed by atoms with van der Waals surface area (Å²) in [5.41, 5.74) is 1.10. The van der Waals surface area contributed by atoms with Crippen LogP contribution >= 0.6 is 0 Å². The number of benzene rings is 1. The molecule has 0 unspecified atom stereocenters. The molecular formula is C11H12O2. The normalized spacial score (nSPS) is 16.6. The van der Waals surface area contributed by atoms with Crippen LogP contribution in [0.4, 0.5) is 0 Å². The van der Waals surface area contributed by atoms with Crippen LogP contribution in [0.15, 0.2) is 30.4 Å². The van der Waals surface area contributed by atoms with Gasteiger partial charge in [0, 0.05) is 0 Å². The van der Waals surface area contributed by atoms with Crippen molar-refractivity contribution in [2.45, 2.75) is 18.8 Å². The Balaban J connectivity index is 2.26. The average Bonchev–Trinajstić information content (AvgIpc) is 2.62. The van der Waals surface area contributed by atoms with E-state index in [-0.39, 0.29) is 11.5 Å². The highest BCUT2D eigenvalue weighted by Crippen LogP contribution is 2.34. The van der Waals surface area contributed by atoms with Gasteiger partial charge in [-0.05, 0) is 36.5 Å². The second kappa shape index (κ2) is 3.13. The predicted molar refractivity (Wildman–Crippen MR) is 50.9 cm³/mol. The van der Waals surface area contributed by atoms with E-state index in [1.165, 1.54) is 0 Å². The molecule has 0 aliphatic heterocycles. The van der Waals surface area contributed by atoms with Crippen LogP contribution < -0.4 is 0 Å². The van der Waals surface area contributed by atoms with Gasteiger partial charge in [0.05, 0.1) is 0 Å². The molecule has 1 aromatic carbocycles. The van der Waals surface area contributed by atoms with Crippen molar-refractivity contribution in [2.24, 2.45) is 0 Å². The molecular weight excluding hydrogens is 164 g/mol. The summed E-state index contributed by atoms with van der Waals surface area (Å²) in [7, 11) is 0. The Labute approximate surface area is 77.1 Å². The van der Waals surface area contributed by atoms with Gasteiger partial charge in [-0.3, -0.25) is 0 Å². The Morgan fingerprint density at radius 3 is 2.31 bits per heavy atom. The van der Waals surface area contributed by atoms with Crippen molar-refractivity contribution in [1.29, 1.82) is 0 Å². The molecule has 0 heterocycles. The first-order valence-electron chi connectivity index (χ1n) is 4.44. The average molecular weight is 176 g/mol. The smallest absolute Gasteiger partial charge is 0.157 e. The molecule has 0 saturated heterocycles. The van der Waals surface area contributed by atoms with Crippen LogP contribution in [0.5, 0.6) is 11.5 Å². The van der Waals surface area contributed by atoms with Gasteiger partial charge in [-0.15, -0.1) is 0 Å². The summed E-state index contributed by atoms with van der Waals surface area (Å²) < 4.78 is 0. The van der Waals surface area contributed by atoms with E-state index in [0.717, 1.165) is 18.4 Å². The number of phenolic OH excluding ortho intramolecular Hbond substituents is 2. The van der Waals surface area contributed by atoms with Gasteiger partial charge in [0.15, 0.2) is 11.5 Å². The molecule has 1 aliphatic carbocycles. The summed E-state index contributed by atoms with van der Waals surface area (Å²) in [4.78, 5) is 0. The Morgan fingerprint density at radius 2 is 1.69 bits per heavy atom. The second-order valence-electron chi connectivity index (χ2n) is 3.39. The van der Waals surface area contributed by atoms with Crippen molar-refractivity contribution in [1.82, 2.24) is 0 Å². The molecule has 0 radical (unpaired) electrons. The first-order chi connectivity index (χ1) is 6.27. The monoisotopic (exact) mass is 176 g/mol. The van der Waals surface area contributed by atoms with Gasteiger partial charge in [-0.1, -0.05) is 18.2 Å². The fourth-order valence-corrected chi connectivity index (χ4v) is 1.68. The lowest BCUT2D eigenvalue weighted by atomic mass is 9.97. The first kappa shape index (κ1) is 8.17. The summed E-state index contributed by atoms with van der Waals surface area (Å²) in [5, 5.41) is 18.4. The lowest BCUT2D eigenvalue weighted by Crippen LogP contribution is -1.91. The van der Waals surface area contributed by atoms with Gasteiger partial charge in [0.25, 0.3) is 0 Å². The minimum atomic E-state index is -0.0466. The zero-order valence-electron chi connectivity index (χ0n) is 7.27. The van der Waals surface area contributed by atoms with Crippen LogP contribution in [0.2, 0.25) is 0 Å². The number of hydrogen-bond acceptors (Lipinski definition) is 2. The van der Waals surface area contributed by atoms with Crippen molar-refractivity contribution in [2.75, 3.05) is 0 Å². The molecule has 2 N–H and O–H groups in total. The maximum atomic E-state index is 9.29. The molecule has 0 fully saturated rings. The predicted octanol–water partition coefficient (Wildman–Crippen LogP) is 2.53. The largest absolute Gasteiger partial charge is 0.504 e. The number of rotatable bonds is 1. The number of hydrogen-bond donors (Lipinski definition) is 2. The van der Waals surface area contributed by atoms with Crippen molar-refractivity contribution < 1.29 is 10.2 Å². The summed E-state index contributed by atoms with van der Waals surface area (Å²) >= 11 is 0. The molecule has 2 heteroatoms. The minimum absolute atomic E-state index is 0.0237. The van der Waals surface area contributed by atoms with Crippen molar-refractivity contribution >= 4 is 0 Å². The highest BCUT2D eigenvalue weighted by molar-refractivity contribution is 5.42. The van der Waals surface area contributed by atoms with Gasteiger partial charge in [-0.25, -0.2) is 0 Å². The topological polar surface area (TPSA) is 40.5 Å². The van der Waals surface area contributed by atoms with E-state index in [4.69, 9.17) is 5.11 Å². The Kier molecular flexibility index (Phi) is 1.97. The van der Waals surface area contributed by atoms with E-state index in [1.807, 2.05) is 6.07 Å². The summed E-state index contributed by atoms with van der Waals surface area (Å²) in [5.74, 6) is 0.408. The van der Waals surface area contributed by atoms with Crippen LogP contribution in [0.25, 0.3) is 0 Å². The molecule has 1 aromatic rings. The van der Waals surface area contributed by atoms with E-state index in [0.29, 0.717) is 5.92 Å². The molecule has 2 nitrogen and oxygen atoms in total. The van der Waals surface area contributed by atoms with Crippen LogP contribution in [0.3, 0.4) is 0 Å². The molecule has 0 aromatic heterocycles. The van der Waals surface area contributed by atoms with E-state index in [1.54, 1.807) is 12.1 Å². The molecule has 1 aliphatic rings. The number of aromatic hydroxyl groups is 2. The third kappa shape index (κ3) is 1.52. The number of allylic oxidation sites excluding steroid dienone is 2. The van der Waals surface area contributed by atoms with Gasteiger partial charge in [-0.2, -0.15) is 0 Å². The minimum Gasteiger partial charge on any atom is -0.504 e. The van der Waals surface area contributed by atoms with Crippen LogP contribution in [0, 0.1) is 0 Å². The SMILES string of the molecule is Oc1ccc(C2CC=CC2)cc1O. The van der Waals surface area contributed by atoms with E-state index < -0.39 is 0 Å². The van der Waals surface area contributed by atoms with Gasteiger partial charge < -0.3 is 10.2 Å². The standard InChI is InChI=1S/C11H12O2/c12-10-6-5-9(7-11(10)13)8-3-1-2-4-8/h1-2,5-8,12-13H,3-4H2. The van der Waals surface area contributed by atoms with Crippen molar-refractivity contribution in [3.63, 3.8) is 0 Å². The second-order valence-corrected chi connectivity index (χ2v) is 3.39. The Bertz CT molecular complexity index is 334. The Hall–Kier alpha value is -1.44. The maximum absolute atomic E-state index is 9.29. The fourth-order valence-electron chi connectivity index (χ4n) is 1.68. The number of phenols is 2. The summed E-state index contributed by atoms with van der Waals surface area (Å²) in [6.45, 7) is 0. The third-order valence-electron chi connectivity index (χ3n) is 2.48. The van der Waals surface area contributed by atoms with Crippen molar-refractivity contribution in [3.8, 4) is 11.5 Å². The lowest BCUT2D eigenvalue weighted by Gasteiger charge is -2.09.